The van der Waals surface area contributed by atoms with Crippen LogP contribution in [0, 0.1) is 0 Å². The summed E-state index contributed by atoms with van der Waals surface area (Å²) in [5, 5.41) is 0.422. The third-order valence-corrected chi connectivity index (χ3v) is 4.96. The Kier molecular flexibility index (Phi) is 3.29. The van der Waals surface area contributed by atoms with Crippen LogP contribution in [-0.4, -0.2) is 4.98 Å². The fraction of sp³-hybridized carbons (Fsp3) is 0.308. The summed E-state index contributed by atoms with van der Waals surface area (Å²) in [7, 11) is 0. The van der Waals surface area contributed by atoms with Gasteiger partial charge in [-0.05, 0) is 30.5 Å². The molecule has 7 heteroatoms. The van der Waals surface area contributed by atoms with Gasteiger partial charge in [0.1, 0.15) is 0 Å². The van der Waals surface area contributed by atoms with E-state index in [4.69, 9.17) is 5.73 Å². The van der Waals surface area contributed by atoms with Crippen LogP contribution in [0.1, 0.15) is 34.0 Å². The molecular formula is C13H10BrF3N2S. The Hall–Kier alpha value is -1.08. The number of halogens is 4. The second-order valence-corrected chi connectivity index (χ2v) is 6.66. The van der Waals surface area contributed by atoms with Gasteiger partial charge in [-0.15, -0.1) is 11.3 Å². The molecule has 106 valence electrons. The van der Waals surface area contributed by atoms with Crippen molar-refractivity contribution in [1.82, 2.24) is 4.98 Å². The average Bonchev–Trinajstić information content (AvgIpc) is 2.87. The van der Waals surface area contributed by atoms with Crippen molar-refractivity contribution in [2.24, 2.45) is 0 Å². The van der Waals surface area contributed by atoms with E-state index in [-0.39, 0.29) is 5.92 Å². The van der Waals surface area contributed by atoms with Gasteiger partial charge in [0.25, 0.3) is 0 Å². The summed E-state index contributed by atoms with van der Waals surface area (Å²) < 4.78 is 40.0. The Morgan fingerprint density at radius 2 is 2.10 bits per heavy atom. The number of aromatic nitrogens is 1. The predicted octanol–water partition coefficient (Wildman–Crippen LogP) is 4.58. The van der Waals surface area contributed by atoms with E-state index < -0.39 is 11.7 Å². The Morgan fingerprint density at radius 3 is 2.80 bits per heavy atom. The molecule has 20 heavy (non-hydrogen) atoms. The first-order valence-electron chi connectivity index (χ1n) is 5.98. The first-order chi connectivity index (χ1) is 9.36. The molecule has 1 aromatic heterocycles. The number of nitrogens with two attached hydrogens (primary N) is 1. The number of rotatable bonds is 1. The van der Waals surface area contributed by atoms with Crippen LogP contribution >= 0.6 is 27.3 Å². The summed E-state index contributed by atoms with van der Waals surface area (Å²) in [6.07, 6.45) is -3.03. The molecule has 0 amide bonds. The third kappa shape index (κ3) is 2.33. The lowest BCUT2D eigenvalue weighted by Gasteiger charge is -2.18. The molecule has 0 saturated carbocycles. The van der Waals surface area contributed by atoms with Crippen LogP contribution in [0.4, 0.5) is 18.3 Å². The summed E-state index contributed by atoms with van der Waals surface area (Å²) in [5.41, 5.74) is 6.22. The van der Waals surface area contributed by atoms with Crippen LogP contribution in [-0.2, 0) is 12.6 Å². The quantitative estimate of drug-likeness (QED) is 0.805. The molecule has 0 aliphatic heterocycles. The number of hydrogen-bond acceptors (Lipinski definition) is 3. The Bertz CT molecular complexity index is 666. The van der Waals surface area contributed by atoms with Gasteiger partial charge >= 0.3 is 6.18 Å². The SMILES string of the molecule is Nc1nc2c(s1)C(c1ccc(Br)cc1C(F)(F)F)CC2. The molecule has 1 aromatic carbocycles. The van der Waals surface area contributed by atoms with Gasteiger partial charge < -0.3 is 5.73 Å². The van der Waals surface area contributed by atoms with Crippen LogP contribution in [0.15, 0.2) is 22.7 Å². The molecule has 3 rings (SSSR count). The normalized spacial score (nSPS) is 18.3. The van der Waals surface area contributed by atoms with Gasteiger partial charge in [0, 0.05) is 15.3 Å². The molecule has 2 nitrogen and oxygen atoms in total. The summed E-state index contributed by atoms with van der Waals surface area (Å²) in [5.74, 6) is -0.260. The van der Waals surface area contributed by atoms with Gasteiger partial charge in [-0.3, -0.25) is 0 Å². The van der Waals surface area contributed by atoms with E-state index in [1.165, 1.54) is 11.3 Å². The fourth-order valence-corrected chi connectivity index (χ4v) is 4.02. The number of fused-ring (bicyclic) bond motifs is 1. The topological polar surface area (TPSA) is 38.9 Å². The zero-order valence-corrected chi connectivity index (χ0v) is 12.6. The van der Waals surface area contributed by atoms with Crippen LogP contribution in [0.3, 0.4) is 0 Å². The summed E-state index contributed by atoms with van der Waals surface area (Å²) in [6.45, 7) is 0. The highest BCUT2D eigenvalue weighted by Gasteiger charge is 2.38. The van der Waals surface area contributed by atoms with Gasteiger partial charge in [0.2, 0.25) is 0 Å². The highest BCUT2D eigenvalue weighted by atomic mass is 79.9. The van der Waals surface area contributed by atoms with Crippen molar-refractivity contribution in [1.29, 1.82) is 0 Å². The van der Waals surface area contributed by atoms with E-state index in [0.717, 1.165) is 16.6 Å². The molecule has 1 heterocycles. The Balaban J connectivity index is 2.12. The van der Waals surface area contributed by atoms with Gasteiger partial charge in [-0.1, -0.05) is 22.0 Å². The number of nitrogens with zero attached hydrogens (tertiary/aromatic N) is 1. The molecular weight excluding hydrogens is 353 g/mol. The first-order valence-corrected chi connectivity index (χ1v) is 7.59. The van der Waals surface area contributed by atoms with Crippen LogP contribution < -0.4 is 5.73 Å². The van der Waals surface area contributed by atoms with Crippen molar-refractivity contribution in [2.75, 3.05) is 5.73 Å². The van der Waals surface area contributed by atoms with Crippen LogP contribution in [0.5, 0.6) is 0 Å². The van der Waals surface area contributed by atoms with Crippen LogP contribution in [0.25, 0.3) is 0 Å². The van der Waals surface area contributed by atoms with Gasteiger partial charge in [-0.25, -0.2) is 4.98 Å². The maximum Gasteiger partial charge on any atom is 0.416 e. The molecule has 0 bridgehead atoms. The number of anilines is 1. The number of hydrogen-bond donors (Lipinski definition) is 1. The summed E-state index contributed by atoms with van der Waals surface area (Å²) in [4.78, 5) is 5.05. The van der Waals surface area contributed by atoms with Gasteiger partial charge in [0.15, 0.2) is 5.13 Å². The maximum atomic E-state index is 13.2. The zero-order valence-electron chi connectivity index (χ0n) is 10.2. The second kappa shape index (κ2) is 4.73. The molecule has 1 atom stereocenters. The lowest BCUT2D eigenvalue weighted by atomic mass is 9.93. The highest BCUT2D eigenvalue weighted by molar-refractivity contribution is 9.10. The van der Waals surface area contributed by atoms with E-state index in [2.05, 4.69) is 20.9 Å². The van der Waals surface area contributed by atoms with E-state index in [9.17, 15) is 13.2 Å². The standard InChI is InChI=1S/C13H10BrF3N2S/c14-6-1-2-7(9(5-6)13(15,16)17)8-3-4-10-11(8)20-12(18)19-10/h1-2,5,8H,3-4H2,(H2,18,19). The molecule has 2 aromatic rings. The van der Waals surface area contributed by atoms with Crippen molar-refractivity contribution in [2.45, 2.75) is 24.9 Å². The fourth-order valence-electron chi connectivity index (χ4n) is 2.62. The average molecular weight is 363 g/mol. The van der Waals surface area contributed by atoms with E-state index in [1.807, 2.05) is 0 Å². The summed E-state index contributed by atoms with van der Waals surface area (Å²) in [6, 6.07) is 4.33. The monoisotopic (exact) mass is 362 g/mol. The molecule has 1 aliphatic rings. The highest BCUT2D eigenvalue weighted by Crippen LogP contribution is 2.46. The number of alkyl halides is 3. The zero-order chi connectivity index (χ0) is 14.5. The van der Waals surface area contributed by atoms with E-state index >= 15 is 0 Å². The Labute approximate surface area is 126 Å². The van der Waals surface area contributed by atoms with Crippen molar-refractivity contribution in [3.63, 3.8) is 0 Å². The molecule has 1 aliphatic carbocycles. The van der Waals surface area contributed by atoms with Crippen molar-refractivity contribution in [3.05, 3.63) is 44.4 Å². The van der Waals surface area contributed by atoms with Gasteiger partial charge in [-0.2, -0.15) is 13.2 Å². The molecule has 0 radical (unpaired) electrons. The lowest BCUT2D eigenvalue weighted by molar-refractivity contribution is -0.138. The molecule has 0 fully saturated rings. The van der Waals surface area contributed by atoms with Crippen molar-refractivity contribution < 1.29 is 13.2 Å². The number of thiazole rings is 1. The van der Waals surface area contributed by atoms with E-state index in [1.54, 1.807) is 12.1 Å². The number of aryl methyl sites for hydroxylation is 1. The minimum atomic E-state index is -4.36. The first kappa shape index (κ1) is 13.9. The lowest BCUT2D eigenvalue weighted by Crippen LogP contribution is -2.11. The molecule has 1 unspecified atom stereocenters. The maximum absolute atomic E-state index is 13.2. The van der Waals surface area contributed by atoms with Gasteiger partial charge in [0.05, 0.1) is 11.3 Å². The molecule has 0 spiro atoms. The van der Waals surface area contributed by atoms with Crippen molar-refractivity contribution in [3.8, 4) is 0 Å². The third-order valence-electron chi connectivity index (χ3n) is 3.43. The number of nitrogen functional groups attached to an aromatic ring is 1. The van der Waals surface area contributed by atoms with E-state index in [0.29, 0.717) is 28.0 Å². The predicted molar refractivity (Wildman–Crippen MR) is 75.8 cm³/mol. The minimum absolute atomic E-state index is 0.260. The molecule has 2 N–H and O–H groups in total. The number of benzene rings is 1. The Morgan fingerprint density at radius 1 is 1.35 bits per heavy atom. The smallest absolute Gasteiger partial charge is 0.375 e. The second-order valence-electron chi connectivity index (χ2n) is 4.68. The minimum Gasteiger partial charge on any atom is -0.375 e. The molecule has 0 saturated heterocycles. The largest absolute Gasteiger partial charge is 0.416 e. The van der Waals surface area contributed by atoms with Crippen molar-refractivity contribution >= 4 is 32.4 Å². The van der Waals surface area contributed by atoms with Crippen LogP contribution in [0.2, 0.25) is 0 Å². The summed E-state index contributed by atoms with van der Waals surface area (Å²) >= 11 is 4.39.